The van der Waals surface area contributed by atoms with E-state index in [-0.39, 0.29) is 4.90 Å². The SMILES string of the molecule is Cc1ccc(S(=O)(=O)N2C(C)c3cc(Cl)ccc3OP2Cl)cc1. The largest absolute Gasteiger partial charge is 0.444 e. The first-order chi connectivity index (χ1) is 10.8. The van der Waals surface area contributed by atoms with E-state index in [1.807, 2.05) is 6.92 Å². The Morgan fingerprint density at radius 2 is 1.83 bits per heavy atom. The number of benzene rings is 2. The second-order valence-corrected chi connectivity index (χ2v) is 9.72. The predicted molar refractivity (Wildman–Crippen MR) is 93.5 cm³/mol. The van der Waals surface area contributed by atoms with Crippen LogP contribution in [-0.2, 0) is 10.0 Å². The summed E-state index contributed by atoms with van der Waals surface area (Å²) in [4.78, 5) is 0.192. The number of sulfonamides is 1. The van der Waals surface area contributed by atoms with Gasteiger partial charge in [-0.15, -0.1) is 4.08 Å². The Kier molecular flexibility index (Phi) is 4.60. The molecule has 2 aromatic carbocycles. The minimum absolute atomic E-state index is 0.192. The van der Waals surface area contributed by atoms with Crippen LogP contribution in [0.5, 0.6) is 5.75 Å². The maximum atomic E-state index is 13.0. The van der Waals surface area contributed by atoms with E-state index in [0.717, 1.165) is 5.56 Å². The summed E-state index contributed by atoms with van der Waals surface area (Å²) in [6.07, 6.45) is 0. The van der Waals surface area contributed by atoms with E-state index in [1.165, 1.54) is 4.08 Å². The zero-order valence-electron chi connectivity index (χ0n) is 12.4. The molecular formula is C15H14Cl2NO3PS. The highest BCUT2D eigenvalue weighted by Gasteiger charge is 2.42. The lowest BCUT2D eigenvalue weighted by molar-refractivity contribution is 0.422. The van der Waals surface area contributed by atoms with Crippen molar-refractivity contribution in [3.05, 3.63) is 58.6 Å². The predicted octanol–water partition coefficient (Wildman–Crippen LogP) is 5.26. The fourth-order valence-electron chi connectivity index (χ4n) is 2.42. The molecule has 0 aliphatic carbocycles. The van der Waals surface area contributed by atoms with Crippen molar-refractivity contribution in [3.8, 4) is 5.75 Å². The minimum Gasteiger partial charge on any atom is -0.444 e. The van der Waals surface area contributed by atoms with Crippen LogP contribution in [0, 0.1) is 6.92 Å². The van der Waals surface area contributed by atoms with Crippen molar-refractivity contribution < 1.29 is 12.9 Å². The van der Waals surface area contributed by atoms with Gasteiger partial charge in [-0.1, -0.05) is 29.3 Å². The molecule has 8 heteroatoms. The highest BCUT2D eigenvalue weighted by molar-refractivity contribution is 7.98. The molecule has 2 aromatic rings. The van der Waals surface area contributed by atoms with Crippen molar-refractivity contribution in [2.75, 3.05) is 0 Å². The Labute approximate surface area is 146 Å². The molecule has 1 aliphatic rings. The topological polar surface area (TPSA) is 46.6 Å². The van der Waals surface area contributed by atoms with Crippen LogP contribution in [0.4, 0.5) is 0 Å². The van der Waals surface area contributed by atoms with E-state index in [2.05, 4.69) is 0 Å². The van der Waals surface area contributed by atoms with Gasteiger partial charge in [-0.3, -0.25) is 0 Å². The lowest BCUT2D eigenvalue weighted by Gasteiger charge is -2.36. The van der Waals surface area contributed by atoms with Crippen molar-refractivity contribution in [1.29, 1.82) is 0 Å². The van der Waals surface area contributed by atoms with Crippen molar-refractivity contribution in [2.24, 2.45) is 0 Å². The van der Waals surface area contributed by atoms with Gasteiger partial charge < -0.3 is 4.52 Å². The fraction of sp³-hybridized carbons (Fsp3) is 0.200. The maximum absolute atomic E-state index is 13.0. The number of hydrogen-bond acceptors (Lipinski definition) is 3. The molecule has 0 amide bonds. The molecule has 2 atom stereocenters. The average molecular weight is 390 g/mol. The molecule has 1 aliphatic heterocycles. The molecule has 3 rings (SSSR count). The van der Waals surface area contributed by atoms with Crippen LogP contribution in [0.2, 0.25) is 5.02 Å². The van der Waals surface area contributed by atoms with Gasteiger partial charge in [0.1, 0.15) is 5.75 Å². The number of halogens is 2. The Hall–Kier alpha value is -0.840. The minimum atomic E-state index is -3.77. The molecule has 23 heavy (non-hydrogen) atoms. The van der Waals surface area contributed by atoms with Gasteiger partial charge in [0.2, 0.25) is 0 Å². The second-order valence-electron chi connectivity index (χ2n) is 5.27. The molecule has 0 saturated carbocycles. The first-order valence-corrected chi connectivity index (χ1v) is 10.8. The third-order valence-electron chi connectivity index (χ3n) is 3.65. The number of nitrogens with zero attached hydrogens (tertiary/aromatic N) is 1. The average Bonchev–Trinajstić information content (AvgIpc) is 2.48. The van der Waals surface area contributed by atoms with E-state index in [4.69, 9.17) is 27.4 Å². The van der Waals surface area contributed by atoms with Crippen molar-refractivity contribution in [2.45, 2.75) is 24.8 Å². The molecule has 0 radical (unpaired) electrons. The lowest BCUT2D eigenvalue weighted by Crippen LogP contribution is -2.32. The van der Waals surface area contributed by atoms with Gasteiger partial charge in [0.15, 0.2) is 0 Å². The zero-order valence-corrected chi connectivity index (χ0v) is 15.6. The molecule has 0 aromatic heterocycles. The van der Waals surface area contributed by atoms with Gasteiger partial charge >= 0.3 is 0 Å². The van der Waals surface area contributed by atoms with E-state index < -0.39 is 23.7 Å². The Morgan fingerprint density at radius 1 is 1.17 bits per heavy atom. The van der Waals surface area contributed by atoms with Crippen LogP contribution in [-0.4, -0.2) is 12.5 Å². The first-order valence-electron chi connectivity index (χ1n) is 6.85. The van der Waals surface area contributed by atoms with Crippen LogP contribution in [0.1, 0.15) is 24.1 Å². The van der Waals surface area contributed by atoms with Gasteiger partial charge in [-0.05, 0) is 55.4 Å². The van der Waals surface area contributed by atoms with Gasteiger partial charge in [0.25, 0.3) is 17.7 Å². The summed E-state index contributed by atoms with van der Waals surface area (Å²) in [5.74, 6) is 0.568. The van der Waals surface area contributed by atoms with E-state index >= 15 is 0 Å². The highest BCUT2D eigenvalue weighted by Crippen LogP contribution is 2.59. The van der Waals surface area contributed by atoms with Crippen molar-refractivity contribution in [1.82, 2.24) is 4.08 Å². The molecule has 0 saturated heterocycles. The van der Waals surface area contributed by atoms with E-state index in [1.54, 1.807) is 49.4 Å². The first kappa shape index (κ1) is 17.0. The van der Waals surface area contributed by atoms with Crippen LogP contribution in [0.3, 0.4) is 0 Å². The summed E-state index contributed by atoms with van der Waals surface area (Å²) >= 11 is 12.3. The van der Waals surface area contributed by atoms with Crippen LogP contribution in [0.25, 0.3) is 0 Å². The summed E-state index contributed by atoms with van der Waals surface area (Å²) in [5, 5.41) is 0.521. The summed E-state index contributed by atoms with van der Waals surface area (Å²) in [7, 11) is -5.61. The summed E-state index contributed by atoms with van der Waals surface area (Å²) < 4.78 is 32.8. The van der Waals surface area contributed by atoms with Crippen LogP contribution in [0.15, 0.2) is 47.4 Å². The zero-order chi connectivity index (χ0) is 16.8. The third kappa shape index (κ3) is 3.09. The van der Waals surface area contributed by atoms with E-state index in [9.17, 15) is 8.42 Å². The Balaban J connectivity index is 2.07. The molecule has 0 N–H and O–H groups in total. The van der Waals surface area contributed by atoms with Crippen molar-refractivity contribution >= 4 is 40.5 Å². The van der Waals surface area contributed by atoms with Gasteiger partial charge in [-0.2, -0.15) is 0 Å². The lowest BCUT2D eigenvalue weighted by atomic mass is 10.1. The number of aryl methyl sites for hydroxylation is 1. The van der Waals surface area contributed by atoms with Crippen LogP contribution < -0.4 is 4.52 Å². The normalized spacial score (nSPS) is 21.6. The molecular weight excluding hydrogens is 376 g/mol. The Morgan fingerprint density at radius 3 is 2.48 bits per heavy atom. The molecule has 1 heterocycles. The van der Waals surface area contributed by atoms with Crippen LogP contribution >= 0.6 is 30.5 Å². The number of fused-ring (bicyclic) bond motifs is 1. The number of hydrogen-bond donors (Lipinski definition) is 0. The fourth-order valence-corrected chi connectivity index (χ4v) is 7.03. The van der Waals surface area contributed by atoms with Gasteiger partial charge in [-0.25, -0.2) is 8.42 Å². The quantitative estimate of drug-likeness (QED) is 0.658. The summed E-state index contributed by atoms with van der Waals surface area (Å²) in [5.41, 5.74) is 1.68. The number of rotatable bonds is 2. The third-order valence-corrected chi connectivity index (χ3v) is 8.62. The Bertz CT molecular complexity index is 842. The second kappa shape index (κ2) is 6.23. The smallest absolute Gasteiger partial charge is 0.281 e. The van der Waals surface area contributed by atoms with Crippen molar-refractivity contribution in [3.63, 3.8) is 0 Å². The molecule has 2 unspecified atom stereocenters. The highest BCUT2D eigenvalue weighted by atomic mass is 35.7. The maximum Gasteiger partial charge on any atom is 0.281 e. The monoisotopic (exact) mass is 389 g/mol. The molecule has 0 bridgehead atoms. The molecule has 0 fully saturated rings. The molecule has 122 valence electrons. The molecule has 0 spiro atoms. The summed E-state index contributed by atoms with van der Waals surface area (Å²) in [6, 6.07) is 11.3. The molecule has 4 nitrogen and oxygen atoms in total. The van der Waals surface area contributed by atoms with E-state index in [0.29, 0.717) is 16.3 Å². The standard InChI is InChI=1S/C15H14Cl2NO3PS/c1-10-3-6-13(7-4-10)23(19,20)18-11(2)14-9-12(16)5-8-15(14)21-22(18)17/h3-9,11H,1-2H3. The van der Waals surface area contributed by atoms with Gasteiger partial charge in [0, 0.05) is 10.6 Å². The van der Waals surface area contributed by atoms with Gasteiger partial charge in [0.05, 0.1) is 10.9 Å². The summed E-state index contributed by atoms with van der Waals surface area (Å²) in [6.45, 7) is 3.68.